The van der Waals surface area contributed by atoms with Crippen LogP contribution >= 0.6 is 0 Å². The number of para-hydroxylation sites is 1. The van der Waals surface area contributed by atoms with E-state index >= 15 is 0 Å². The molecular formula is C13H12N2O5. The number of nitro benzene ring substituents is 1. The van der Waals surface area contributed by atoms with Gasteiger partial charge >= 0.3 is 5.97 Å². The molecule has 1 heterocycles. The van der Waals surface area contributed by atoms with E-state index in [1.807, 2.05) is 0 Å². The lowest BCUT2D eigenvalue weighted by Gasteiger charge is -2.04. The summed E-state index contributed by atoms with van der Waals surface area (Å²) in [4.78, 5) is 21.3. The van der Waals surface area contributed by atoms with Gasteiger partial charge in [-0.25, -0.2) is 4.79 Å². The maximum Gasteiger partial charge on any atom is 0.339 e. The van der Waals surface area contributed by atoms with Crippen LogP contribution in [0, 0.1) is 10.1 Å². The summed E-state index contributed by atoms with van der Waals surface area (Å²) in [5, 5.41) is 22.7. The van der Waals surface area contributed by atoms with Crippen molar-refractivity contribution in [1.82, 2.24) is 5.32 Å². The predicted octanol–water partition coefficient (Wildman–Crippen LogP) is 2.18. The molecule has 0 bridgehead atoms. The van der Waals surface area contributed by atoms with Gasteiger partial charge in [0.05, 0.1) is 17.7 Å². The first-order chi connectivity index (χ1) is 9.59. The summed E-state index contributed by atoms with van der Waals surface area (Å²) < 4.78 is 5.06. The molecule has 0 atom stereocenters. The minimum Gasteiger partial charge on any atom is -0.478 e. The average molecular weight is 276 g/mol. The number of carboxylic acid groups (broad SMARTS) is 1. The molecule has 2 aromatic rings. The lowest BCUT2D eigenvalue weighted by atomic mass is 10.2. The van der Waals surface area contributed by atoms with Gasteiger partial charge in [0.2, 0.25) is 0 Å². The molecule has 0 amide bonds. The van der Waals surface area contributed by atoms with Crippen LogP contribution in [0.25, 0.3) is 0 Å². The molecule has 0 radical (unpaired) electrons. The summed E-state index contributed by atoms with van der Waals surface area (Å²) in [6.45, 7) is 0.428. The molecule has 7 nitrogen and oxygen atoms in total. The van der Waals surface area contributed by atoms with E-state index in [0.717, 1.165) is 0 Å². The molecule has 0 unspecified atom stereocenters. The number of rotatable bonds is 6. The van der Waals surface area contributed by atoms with Crippen LogP contribution < -0.4 is 5.32 Å². The Labute approximate surface area is 114 Å². The minimum absolute atomic E-state index is 0.0258. The second-order valence-electron chi connectivity index (χ2n) is 4.05. The molecule has 0 fully saturated rings. The molecule has 0 saturated carbocycles. The highest BCUT2D eigenvalue weighted by molar-refractivity contribution is 5.88. The SMILES string of the molecule is O=C(O)c1ccoc1CNCc1ccccc1[N+](=O)[O-]. The number of aromatic carboxylic acids is 1. The van der Waals surface area contributed by atoms with E-state index in [0.29, 0.717) is 5.56 Å². The molecular weight excluding hydrogens is 264 g/mol. The first-order valence-electron chi connectivity index (χ1n) is 5.82. The van der Waals surface area contributed by atoms with Crippen LogP contribution in [0.5, 0.6) is 0 Å². The molecule has 1 aromatic carbocycles. The van der Waals surface area contributed by atoms with Crippen LogP contribution in [0.2, 0.25) is 0 Å². The van der Waals surface area contributed by atoms with Crippen molar-refractivity contribution < 1.29 is 19.2 Å². The Morgan fingerprint density at radius 2 is 2.05 bits per heavy atom. The quantitative estimate of drug-likeness (QED) is 0.618. The summed E-state index contributed by atoms with van der Waals surface area (Å²) in [6.07, 6.45) is 1.30. The van der Waals surface area contributed by atoms with Gasteiger partial charge in [-0.1, -0.05) is 18.2 Å². The van der Waals surface area contributed by atoms with Crippen LogP contribution in [0.4, 0.5) is 5.69 Å². The van der Waals surface area contributed by atoms with Crippen LogP contribution in [0.3, 0.4) is 0 Å². The number of carboxylic acids is 1. The van der Waals surface area contributed by atoms with Gasteiger partial charge in [-0.15, -0.1) is 0 Å². The van der Waals surface area contributed by atoms with Gasteiger partial charge < -0.3 is 14.8 Å². The predicted molar refractivity (Wildman–Crippen MR) is 69.3 cm³/mol. The van der Waals surface area contributed by atoms with Crippen molar-refractivity contribution in [3.8, 4) is 0 Å². The van der Waals surface area contributed by atoms with Gasteiger partial charge in [-0.3, -0.25) is 10.1 Å². The van der Waals surface area contributed by atoms with Gasteiger partial charge in [0.1, 0.15) is 11.3 Å². The number of carbonyl (C=O) groups is 1. The van der Waals surface area contributed by atoms with E-state index in [9.17, 15) is 14.9 Å². The van der Waals surface area contributed by atoms with Crippen molar-refractivity contribution in [2.45, 2.75) is 13.1 Å². The normalized spacial score (nSPS) is 10.4. The summed E-state index contributed by atoms with van der Waals surface area (Å²) in [5.74, 6) is -0.780. The van der Waals surface area contributed by atoms with Gasteiger partial charge in [0.25, 0.3) is 5.69 Å². The summed E-state index contributed by atoms with van der Waals surface area (Å²) in [6, 6.07) is 7.73. The Balaban J connectivity index is 2.01. The van der Waals surface area contributed by atoms with Crippen LogP contribution in [0.15, 0.2) is 41.0 Å². The van der Waals surface area contributed by atoms with E-state index in [1.165, 1.54) is 18.4 Å². The molecule has 2 N–H and O–H groups in total. The van der Waals surface area contributed by atoms with Gasteiger partial charge in [-0.2, -0.15) is 0 Å². The average Bonchev–Trinajstić information content (AvgIpc) is 2.87. The zero-order valence-corrected chi connectivity index (χ0v) is 10.4. The maximum absolute atomic E-state index is 10.9. The molecule has 2 rings (SSSR count). The molecule has 0 saturated heterocycles. The van der Waals surface area contributed by atoms with Crippen molar-refractivity contribution in [1.29, 1.82) is 0 Å². The number of nitrogens with zero attached hydrogens (tertiary/aromatic N) is 1. The number of furan rings is 1. The van der Waals surface area contributed by atoms with Gasteiger partial charge in [0.15, 0.2) is 0 Å². The highest BCUT2D eigenvalue weighted by Crippen LogP contribution is 2.17. The van der Waals surface area contributed by atoms with E-state index in [4.69, 9.17) is 9.52 Å². The Morgan fingerprint density at radius 1 is 1.30 bits per heavy atom. The lowest BCUT2D eigenvalue weighted by Crippen LogP contribution is -2.15. The molecule has 0 aliphatic rings. The first kappa shape index (κ1) is 13.8. The summed E-state index contributed by atoms with van der Waals surface area (Å²) in [7, 11) is 0. The van der Waals surface area contributed by atoms with Crippen molar-refractivity contribution in [2.75, 3.05) is 0 Å². The standard InChI is InChI=1S/C13H12N2O5/c16-13(17)10-5-6-20-12(10)8-14-7-9-3-1-2-4-11(9)15(18)19/h1-6,14H,7-8H2,(H,16,17). The third-order valence-corrected chi connectivity index (χ3v) is 2.77. The Kier molecular flexibility index (Phi) is 4.11. The third-order valence-electron chi connectivity index (χ3n) is 2.77. The number of hydrogen-bond acceptors (Lipinski definition) is 5. The Hall–Kier alpha value is -2.67. The van der Waals surface area contributed by atoms with E-state index in [1.54, 1.807) is 18.2 Å². The molecule has 104 valence electrons. The van der Waals surface area contributed by atoms with Gasteiger partial charge in [0, 0.05) is 18.2 Å². The van der Waals surface area contributed by atoms with Crippen molar-refractivity contribution in [3.63, 3.8) is 0 Å². The van der Waals surface area contributed by atoms with Crippen molar-refractivity contribution in [3.05, 3.63) is 63.6 Å². The van der Waals surface area contributed by atoms with Crippen molar-refractivity contribution >= 4 is 11.7 Å². The van der Waals surface area contributed by atoms with E-state index in [2.05, 4.69) is 5.32 Å². The number of hydrogen-bond donors (Lipinski definition) is 2. The number of benzene rings is 1. The van der Waals surface area contributed by atoms with E-state index < -0.39 is 10.9 Å². The topological polar surface area (TPSA) is 106 Å². The highest BCUT2D eigenvalue weighted by atomic mass is 16.6. The minimum atomic E-state index is -1.07. The summed E-state index contributed by atoms with van der Waals surface area (Å²) >= 11 is 0. The van der Waals surface area contributed by atoms with Gasteiger partial charge in [-0.05, 0) is 6.07 Å². The molecule has 0 spiro atoms. The molecule has 0 aliphatic carbocycles. The fourth-order valence-corrected chi connectivity index (χ4v) is 1.82. The van der Waals surface area contributed by atoms with Crippen molar-refractivity contribution in [2.24, 2.45) is 0 Å². The molecule has 7 heteroatoms. The smallest absolute Gasteiger partial charge is 0.339 e. The fraction of sp³-hybridized carbons (Fsp3) is 0.154. The Bertz CT molecular complexity index is 635. The third kappa shape index (κ3) is 3.01. The zero-order chi connectivity index (χ0) is 14.5. The highest BCUT2D eigenvalue weighted by Gasteiger charge is 2.14. The lowest BCUT2D eigenvalue weighted by molar-refractivity contribution is -0.385. The van der Waals surface area contributed by atoms with Crippen LogP contribution in [-0.4, -0.2) is 16.0 Å². The maximum atomic E-state index is 10.9. The number of nitrogens with one attached hydrogen (secondary N) is 1. The Morgan fingerprint density at radius 3 is 2.75 bits per heavy atom. The summed E-state index contributed by atoms with van der Waals surface area (Å²) in [5.41, 5.74) is 0.638. The van der Waals surface area contributed by atoms with Crippen LogP contribution in [0.1, 0.15) is 21.7 Å². The second-order valence-corrected chi connectivity index (χ2v) is 4.05. The fourth-order valence-electron chi connectivity index (χ4n) is 1.82. The largest absolute Gasteiger partial charge is 0.478 e. The zero-order valence-electron chi connectivity index (χ0n) is 10.4. The van der Waals surface area contributed by atoms with Crippen LogP contribution in [-0.2, 0) is 13.1 Å². The molecule has 1 aromatic heterocycles. The molecule has 0 aliphatic heterocycles. The number of nitro groups is 1. The first-order valence-corrected chi connectivity index (χ1v) is 5.82. The monoisotopic (exact) mass is 276 g/mol. The van der Waals surface area contributed by atoms with E-state index in [-0.39, 0.29) is 30.1 Å². The second kappa shape index (κ2) is 5.98. The molecule has 20 heavy (non-hydrogen) atoms.